The summed E-state index contributed by atoms with van der Waals surface area (Å²) in [5, 5.41) is 8.10. The van der Waals surface area contributed by atoms with Gasteiger partial charge >= 0.3 is 6.18 Å². The summed E-state index contributed by atoms with van der Waals surface area (Å²) in [5.41, 5.74) is -1.23. The van der Waals surface area contributed by atoms with Crippen LogP contribution in [0.1, 0.15) is 29.4 Å². The second-order valence-electron chi connectivity index (χ2n) is 9.46. The van der Waals surface area contributed by atoms with Gasteiger partial charge < -0.3 is 14.7 Å². The van der Waals surface area contributed by atoms with Gasteiger partial charge in [-0.2, -0.15) is 33.1 Å². The van der Waals surface area contributed by atoms with E-state index in [9.17, 15) is 22.4 Å². The molecule has 0 radical (unpaired) electrons. The Balaban J connectivity index is 1.46. The molecule has 2 atom stereocenters. The monoisotopic (exact) mass is 504 g/mol. The molecule has 4 heterocycles. The lowest BCUT2D eigenvalue weighted by atomic mass is 9.70. The van der Waals surface area contributed by atoms with Crippen molar-refractivity contribution in [2.45, 2.75) is 25.1 Å². The molecule has 5 rings (SSSR count). The van der Waals surface area contributed by atoms with E-state index < -0.39 is 29.1 Å². The Morgan fingerprint density at radius 2 is 1.86 bits per heavy atom. The van der Waals surface area contributed by atoms with E-state index in [2.05, 4.69) is 20.2 Å². The zero-order chi connectivity index (χ0) is 25.8. The predicted molar refractivity (Wildman–Crippen MR) is 122 cm³/mol. The van der Waals surface area contributed by atoms with E-state index in [0.717, 1.165) is 12.1 Å². The molecule has 0 spiro atoms. The van der Waals surface area contributed by atoms with Crippen LogP contribution in [0.3, 0.4) is 0 Å². The Morgan fingerprint density at radius 3 is 2.53 bits per heavy atom. The van der Waals surface area contributed by atoms with Crippen molar-refractivity contribution in [1.82, 2.24) is 29.9 Å². The predicted octanol–water partition coefficient (Wildman–Crippen LogP) is 3.02. The van der Waals surface area contributed by atoms with Crippen molar-refractivity contribution in [2.24, 2.45) is 5.92 Å². The highest BCUT2D eigenvalue weighted by atomic mass is 19.4. The first-order valence-electron chi connectivity index (χ1n) is 11.3. The standard InChI is InChI=1S/C23H24F4N8O/c1-22-13-33(20(36)16-10-15(24)4-5-17(16)35-28-7-8-29-35)9-6-14(22)12-34(22)19-11-18(23(25,26)27)30-21(31-19)32(2)3/h4-5,7-8,10-11,14H,6,9,12-13H2,1-3H3. The van der Waals surface area contributed by atoms with Crippen molar-refractivity contribution >= 4 is 17.7 Å². The van der Waals surface area contributed by atoms with Crippen LogP contribution in [0.5, 0.6) is 0 Å². The molecule has 1 aromatic carbocycles. The van der Waals surface area contributed by atoms with Crippen LogP contribution < -0.4 is 9.80 Å². The van der Waals surface area contributed by atoms with Gasteiger partial charge in [-0.25, -0.2) is 9.37 Å². The number of halogens is 4. The van der Waals surface area contributed by atoms with Gasteiger partial charge in [0.05, 0.1) is 29.2 Å². The Bertz CT molecular complexity index is 1300. The molecule has 0 N–H and O–H groups in total. The van der Waals surface area contributed by atoms with E-state index >= 15 is 0 Å². The van der Waals surface area contributed by atoms with Gasteiger partial charge in [0.15, 0.2) is 5.69 Å². The first-order valence-corrected chi connectivity index (χ1v) is 11.3. The molecule has 0 bridgehead atoms. The number of carbonyl (C=O) groups excluding carboxylic acids is 1. The lowest BCUT2D eigenvalue weighted by Crippen LogP contribution is -2.73. The van der Waals surface area contributed by atoms with Gasteiger partial charge in [-0.05, 0) is 31.5 Å². The second kappa shape index (κ2) is 8.42. The topological polar surface area (TPSA) is 83.3 Å². The number of amides is 1. The Hall–Kier alpha value is -3.77. The minimum absolute atomic E-state index is 0.0493. The summed E-state index contributed by atoms with van der Waals surface area (Å²) in [7, 11) is 3.15. The number of rotatable bonds is 4. The van der Waals surface area contributed by atoms with Crippen molar-refractivity contribution in [3.63, 3.8) is 0 Å². The SMILES string of the molecule is CN(C)c1nc(N2CC3CCN(C(=O)c4cc(F)ccc4-n4nccn4)CC32C)cc(C(F)(F)F)n1. The van der Waals surface area contributed by atoms with Gasteiger partial charge in [-0.1, -0.05) is 0 Å². The highest BCUT2D eigenvalue weighted by Gasteiger charge is 2.54. The number of hydrogen-bond acceptors (Lipinski definition) is 7. The second-order valence-corrected chi connectivity index (χ2v) is 9.46. The fourth-order valence-corrected chi connectivity index (χ4v) is 4.93. The summed E-state index contributed by atoms with van der Waals surface area (Å²) in [6.07, 6.45) is -1.07. The molecule has 2 fully saturated rings. The summed E-state index contributed by atoms with van der Waals surface area (Å²) in [6.45, 7) is 3.10. The van der Waals surface area contributed by atoms with Gasteiger partial charge in [-0.15, -0.1) is 0 Å². The van der Waals surface area contributed by atoms with Crippen molar-refractivity contribution in [1.29, 1.82) is 0 Å². The molecule has 190 valence electrons. The van der Waals surface area contributed by atoms with E-state index in [1.807, 2.05) is 6.92 Å². The lowest BCUT2D eigenvalue weighted by molar-refractivity contribution is -0.141. The number of nitrogens with zero attached hydrogens (tertiary/aromatic N) is 8. The Labute approximate surface area is 204 Å². The molecule has 2 aromatic heterocycles. The third-order valence-electron chi connectivity index (χ3n) is 6.94. The number of hydrogen-bond donors (Lipinski definition) is 0. The number of alkyl halides is 3. The zero-order valence-electron chi connectivity index (χ0n) is 19.9. The number of aromatic nitrogens is 5. The van der Waals surface area contributed by atoms with Crippen molar-refractivity contribution in [2.75, 3.05) is 43.5 Å². The fraction of sp³-hybridized carbons (Fsp3) is 0.435. The molecule has 2 aliphatic rings. The molecule has 9 nitrogen and oxygen atoms in total. The maximum atomic E-state index is 14.1. The van der Waals surface area contributed by atoms with Crippen LogP contribution in [0, 0.1) is 11.7 Å². The molecule has 3 aromatic rings. The van der Waals surface area contributed by atoms with E-state index in [4.69, 9.17) is 0 Å². The third kappa shape index (κ3) is 4.01. The first-order chi connectivity index (χ1) is 17.0. The van der Waals surface area contributed by atoms with Crippen molar-refractivity contribution < 1.29 is 22.4 Å². The number of likely N-dealkylation sites (tertiary alicyclic amines) is 1. The van der Waals surface area contributed by atoms with Gasteiger partial charge in [0, 0.05) is 45.7 Å². The van der Waals surface area contributed by atoms with Crippen LogP contribution in [0.25, 0.3) is 5.69 Å². The molecule has 2 aliphatic heterocycles. The van der Waals surface area contributed by atoms with Crippen LogP contribution in [-0.4, -0.2) is 75.0 Å². The smallest absolute Gasteiger partial charge is 0.349 e. The number of benzene rings is 1. The number of fused-ring (bicyclic) bond motifs is 1. The maximum Gasteiger partial charge on any atom is 0.433 e. The highest BCUT2D eigenvalue weighted by molar-refractivity contribution is 5.98. The minimum Gasteiger partial charge on any atom is -0.349 e. The van der Waals surface area contributed by atoms with Gasteiger partial charge in [0.25, 0.3) is 5.91 Å². The Kier molecular flexibility index (Phi) is 5.60. The van der Waals surface area contributed by atoms with Gasteiger partial charge in [0.2, 0.25) is 5.95 Å². The van der Waals surface area contributed by atoms with Crippen LogP contribution in [-0.2, 0) is 6.18 Å². The lowest BCUT2D eigenvalue weighted by Gasteiger charge is -2.62. The van der Waals surface area contributed by atoms with E-state index in [-0.39, 0.29) is 29.8 Å². The number of carbonyl (C=O) groups is 1. The Morgan fingerprint density at radius 1 is 1.14 bits per heavy atom. The first kappa shape index (κ1) is 23.9. The average molecular weight is 504 g/mol. The average Bonchev–Trinajstić information content (AvgIpc) is 3.35. The minimum atomic E-state index is -4.63. The highest BCUT2D eigenvalue weighted by Crippen LogP contribution is 2.46. The van der Waals surface area contributed by atoms with Crippen LogP contribution in [0.4, 0.5) is 29.3 Å². The molecule has 13 heteroatoms. The largest absolute Gasteiger partial charge is 0.433 e. The normalized spacial score (nSPS) is 21.7. The molecule has 2 saturated heterocycles. The molecule has 0 saturated carbocycles. The summed E-state index contributed by atoms with van der Waals surface area (Å²) < 4.78 is 54.8. The summed E-state index contributed by atoms with van der Waals surface area (Å²) in [5.74, 6) is -0.708. The van der Waals surface area contributed by atoms with E-state index in [1.54, 1.807) is 23.9 Å². The fourth-order valence-electron chi connectivity index (χ4n) is 4.93. The number of piperidine rings is 1. The van der Waals surface area contributed by atoms with E-state index in [0.29, 0.717) is 25.2 Å². The van der Waals surface area contributed by atoms with Gasteiger partial charge in [0.1, 0.15) is 11.6 Å². The molecule has 2 unspecified atom stereocenters. The van der Waals surface area contributed by atoms with E-state index in [1.165, 1.54) is 34.2 Å². The van der Waals surface area contributed by atoms with Crippen molar-refractivity contribution in [3.8, 4) is 5.69 Å². The summed E-state index contributed by atoms with van der Waals surface area (Å²) in [6, 6.07) is 4.77. The summed E-state index contributed by atoms with van der Waals surface area (Å²) >= 11 is 0. The van der Waals surface area contributed by atoms with Crippen LogP contribution in [0.15, 0.2) is 36.7 Å². The molecule has 36 heavy (non-hydrogen) atoms. The summed E-state index contributed by atoms with van der Waals surface area (Å²) in [4.78, 5) is 27.6. The number of anilines is 2. The molecular weight excluding hydrogens is 480 g/mol. The molecular formula is C23H24F4N8O. The quantitative estimate of drug-likeness (QED) is 0.505. The van der Waals surface area contributed by atoms with Gasteiger partial charge in [-0.3, -0.25) is 4.79 Å². The maximum absolute atomic E-state index is 14.1. The molecule has 0 aliphatic carbocycles. The zero-order valence-corrected chi connectivity index (χ0v) is 19.9. The third-order valence-corrected chi connectivity index (χ3v) is 6.94. The molecule has 1 amide bonds. The van der Waals surface area contributed by atoms with Crippen LogP contribution in [0.2, 0.25) is 0 Å². The van der Waals surface area contributed by atoms with Crippen LogP contribution >= 0.6 is 0 Å². The van der Waals surface area contributed by atoms with Crippen molar-refractivity contribution in [3.05, 3.63) is 53.7 Å².